The van der Waals surface area contributed by atoms with Gasteiger partial charge in [0.25, 0.3) is 5.56 Å². The quantitative estimate of drug-likeness (QED) is 0.870. The van der Waals surface area contributed by atoms with Crippen molar-refractivity contribution >= 4 is 28.0 Å². The Balaban J connectivity index is 1.96. The molecule has 19 heavy (non-hydrogen) atoms. The van der Waals surface area contributed by atoms with Crippen LogP contribution in [0.4, 0.5) is 0 Å². The molecule has 1 fully saturated rings. The van der Waals surface area contributed by atoms with Crippen molar-refractivity contribution in [3.05, 3.63) is 46.9 Å². The molecule has 3 rings (SSSR count). The predicted octanol–water partition coefficient (Wildman–Crippen LogP) is 2.46. The maximum absolute atomic E-state index is 12.4. The van der Waals surface area contributed by atoms with Crippen molar-refractivity contribution in [2.75, 3.05) is 0 Å². The van der Waals surface area contributed by atoms with Gasteiger partial charge in [0.15, 0.2) is 0 Å². The highest BCUT2D eigenvalue weighted by atomic mass is 32.1. The number of benzene rings is 1. The summed E-state index contributed by atoms with van der Waals surface area (Å²) in [4.78, 5) is 13.0. The van der Waals surface area contributed by atoms with Gasteiger partial charge in [-0.15, -0.1) is 0 Å². The number of nitrogens with zero attached hydrogens (tertiary/aromatic N) is 1. The highest BCUT2D eigenvalue weighted by Crippen LogP contribution is 2.50. The van der Waals surface area contributed by atoms with E-state index in [0.717, 1.165) is 30.0 Å². The Kier molecular flexibility index (Phi) is 2.90. The van der Waals surface area contributed by atoms with Crippen molar-refractivity contribution in [1.82, 2.24) is 4.57 Å². The minimum absolute atomic E-state index is 0.0762. The van der Waals surface area contributed by atoms with Gasteiger partial charge >= 0.3 is 0 Å². The van der Waals surface area contributed by atoms with Gasteiger partial charge in [-0.05, 0) is 35.8 Å². The first-order valence-electron chi connectivity index (χ1n) is 6.46. The minimum atomic E-state index is 0.0762. The zero-order valence-electron chi connectivity index (χ0n) is 10.6. The van der Waals surface area contributed by atoms with Crippen molar-refractivity contribution in [3.8, 4) is 0 Å². The van der Waals surface area contributed by atoms with Crippen LogP contribution in [0.15, 0.2) is 41.3 Å². The number of fused-ring (bicyclic) bond motifs is 1. The van der Waals surface area contributed by atoms with E-state index in [4.69, 9.17) is 18.0 Å². The molecule has 0 atom stereocenters. The highest BCUT2D eigenvalue weighted by molar-refractivity contribution is 7.80. The van der Waals surface area contributed by atoms with Crippen LogP contribution in [0.25, 0.3) is 10.8 Å². The average molecular weight is 272 g/mol. The largest absolute Gasteiger partial charge is 0.393 e. The van der Waals surface area contributed by atoms with E-state index >= 15 is 0 Å². The van der Waals surface area contributed by atoms with E-state index in [1.165, 1.54) is 0 Å². The molecular weight excluding hydrogens is 256 g/mol. The van der Waals surface area contributed by atoms with Gasteiger partial charge in [-0.1, -0.05) is 30.4 Å². The molecule has 0 spiro atoms. The third-order valence-electron chi connectivity index (χ3n) is 3.90. The molecule has 3 nitrogen and oxygen atoms in total. The molecule has 1 aromatic carbocycles. The number of nitrogens with two attached hydrogens (primary N) is 1. The SMILES string of the molecule is NC(=S)CC1(Cn2ccc3ccccc3c2=O)CC1. The number of hydrogen-bond donors (Lipinski definition) is 1. The molecule has 4 heteroatoms. The summed E-state index contributed by atoms with van der Waals surface area (Å²) in [6.45, 7) is 0.716. The van der Waals surface area contributed by atoms with Gasteiger partial charge in [-0.3, -0.25) is 4.79 Å². The molecule has 98 valence electrons. The third kappa shape index (κ3) is 2.40. The molecule has 0 radical (unpaired) electrons. The average Bonchev–Trinajstić information content (AvgIpc) is 3.12. The van der Waals surface area contributed by atoms with E-state index in [1.54, 1.807) is 4.57 Å². The molecule has 2 aromatic rings. The lowest BCUT2D eigenvalue weighted by Crippen LogP contribution is -2.26. The number of pyridine rings is 1. The molecular formula is C15H16N2OS. The molecule has 2 N–H and O–H groups in total. The Hall–Kier alpha value is -1.68. The van der Waals surface area contributed by atoms with Crippen molar-refractivity contribution in [3.63, 3.8) is 0 Å². The van der Waals surface area contributed by atoms with Crippen LogP contribution in [0.1, 0.15) is 19.3 Å². The highest BCUT2D eigenvalue weighted by Gasteiger charge is 2.43. The number of aromatic nitrogens is 1. The summed E-state index contributed by atoms with van der Waals surface area (Å²) in [7, 11) is 0. The van der Waals surface area contributed by atoms with E-state index in [9.17, 15) is 4.79 Å². The second kappa shape index (κ2) is 4.46. The normalized spacial score (nSPS) is 16.4. The molecule has 1 aromatic heterocycles. The Morgan fingerprint density at radius 3 is 2.74 bits per heavy atom. The Morgan fingerprint density at radius 2 is 2.05 bits per heavy atom. The van der Waals surface area contributed by atoms with Gasteiger partial charge in [-0.25, -0.2) is 0 Å². The maximum atomic E-state index is 12.4. The van der Waals surface area contributed by atoms with E-state index in [1.807, 2.05) is 36.5 Å². The van der Waals surface area contributed by atoms with Gasteiger partial charge in [0.05, 0.1) is 4.99 Å². The number of thiocarbonyl (C=S) groups is 1. The monoisotopic (exact) mass is 272 g/mol. The van der Waals surface area contributed by atoms with E-state index in [-0.39, 0.29) is 11.0 Å². The summed E-state index contributed by atoms with van der Waals surface area (Å²) in [6.07, 6.45) is 4.82. The summed E-state index contributed by atoms with van der Waals surface area (Å²) in [5, 5.41) is 1.76. The van der Waals surface area contributed by atoms with Crippen LogP contribution in [0.3, 0.4) is 0 Å². The molecule has 1 saturated carbocycles. The molecule has 0 aliphatic heterocycles. The predicted molar refractivity (Wildman–Crippen MR) is 81.3 cm³/mol. The summed E-state index contributed by atoms with van der Waals surface area (Å²) >= 11 is 5.00. The fourth-order valence-corrected chi connectivity index (χ4v) is 2.96. The van der Waals surface area contributed by atoms with Crippen LogP contribution >= 0.6 is 12.2 Å². The lowest BCUT2D eigenvalue weighted by molar-refractivity contribution is 0.432. The fraction of sp³-hybridized carbons (Fsp3) is 0.333. The Bertz CT molecular complexity index is 701. The van der Waals surface area contributed by atoms with Gasteiger partial charge in [-0.2, -0.15) is 0 Å². The molecule has 0 saturated heterocycles. The first-order chi connectivity index (χ1) is 9.10. The van der Waals surface area contributed by atoms with Crippen LogP contribution in [0.5, 0.6) is 0 Å². The second-order valence-electron chi connectivity index (χ2n) is 5.48. The van der Waals surface area contributed by atoms with Crippen LogP contribution < -0.4 is 11.3 Å². The van der Waals surface area contributed by atoms with Crippen LogP contribution in [0.2, 0.25) is 0 Å². The van der Waals surface area contributed by atoms with Gasteiger partial charge in [0.1, 0.15) is 0 Å². The molecule has 1 heterocycles. The zero-order chi connectivity index (χ0) is 13.5. The summed E-state index contributed by atoms with van der Waals surface area (Å²) < 4.78 is 1.80. The van der Waals surface area contributed by atoms with Crippen molar-refractivity contribution in [1.29, 1.82) is 0 Å². The van der Waals surface area contributed by atoms with E-state index < -0.39 is 0 Å². The first kappa shape index (κ1) is 12.4. The maximum Gasteiger partial charge on any atom is 0.258 e. The van der Waals surface area contributed by atoms with Gasteiger partial charge < -0.3 is 10.3 Å². The summed E-state index contributed by atoms with van der Waals surface area (Å²) in [5.41, 5.74) is 5.84. The van der Waals surface area contributed by atoms with Crippen LogP contribution in [0, 0.1) is 5.41 Å². The van der Waals surface area contributed by atoms with Crippen molar-refractivity contribution in [2.45, 2.75) is 25.8 Å². The topological polar surface area (TPSA) is 48.0 Å². The Labute approximate surface area is 117 Å². The third-order valence-corrected chi connectivity index (χ3v) is 4.04. The molecule has 1 aliphatic carbocycles. The summed E-state index contributed by atoms with van der Waals surface area (Å²) in [6, 6.07) is 9.68. The lowest BCUT2D eigenvalue weighted by Gasteiger charge is -2.16. The molecule has 0 unspecified atom stereocenters. The second-order valence-corrected chi connectivity index (χ2v) is 6.00. The Morgan fingerprint density at radius 1 is 1.32 bits per heavy atom. The smallest absolute Gasteiger partial charge is 0.258 e. The number of hydrogen-bond acceptors (Lipinski definition) is 2. The minimum Gasteiger partial charge on any atom is -0.393 e. The molecule has 0 amide bonds. The van der Waals surface area contributed by atoms with Crippen LogP contribution in [-0.4, -0.2) is 9.56 Å². The summed E-state index contributed by atoms with van der Waals surface area (Å²) in [5.74, 6) is 0. The van der Waals surface area contributed by atoms with Crippen LogP contribution in [-0.2, 0) is 6.54 Å². The number of rotatable bonds is 4. The molecule has 0 bridgehead atoms. The van der Waals surface area contributed by atoms with E-state index in [0.29, 0.717) is 11.5 Å². The standard InChI is InChI=1S/C15H16N2OS/c16-13(19)9-15(6-7-15)10-17-8-5-11-3-1-2-4-12(11)14(17)18/h1-5,8H,6-7,9-10H2,(H2,16,19). The van der Waals surface area contributed by atoms with Crippen molar-refractivity contribution in [2.24, 2.45) is 11.1 Å². The molecule has 1 aliphatic rings. The van der Waals surface area contributed by atoms with Gasteiger partial charge in [0.2, 0.25) is 0 Å². The van der Waals surface area contributed by atoms with Gasteiger partial charge in [0, 0.05) is 24.5 Å². The fourth-order valence-electron chi connectivity index (χ4n) is 2.65. The lowest BCUT2D eigenvalue weighted by atomic mass is 10.0. The first-order valence-corrected chi connectivity index (χ1v) is 6.87. The zero-order valence-corrected chi connectivity index (χ0v) is 11.5. The van der Waals surface area contributed by atoms with E-state index in [2.05, 4.69) is 0 Å². The van der Waals surface area contributed by atoms with Crippen molar-refractivity contribution < 1.29 is 0 Å².